The van der Waals surface area contributed by atoms with Gasteiger partial charge in [-0.15, -0.1) is 5.10 Å². The molecular weight excluding hydrogens is 448 g/mol. The van der Waals surface area contributed by atoms with Crippen LogP contribution in [0.25, 0.3) is 5.65 Å². The van der Waals surface area contributed by atoms with Crippen molar-refractivity contribution in [1.29, 1.82) is 0 Å². The third-order valence-electron chi connectivity index (χ3n) is 6.68. The summed E-state index contributed by atoms with van der Waals surface area (Å²) in [6.45, 7) is 2.49. The number of rotatable bonds is 7. The number of hydrogen-bond donors (Lipinski definition) is 2. The fraction of sp³-hybridized carbons (Fsp3) is 0.310. The molecule has 0 amide bonds. The van der Waals surface area contributed by atoms with Gasteiger partial charge >= 0.3 is 0 Å². The zero-order chi connectivity index (χ0) is 24.9. The topological polar surface area (TPSA) is 80.7 Å². The molecule has 4 aromatic rings. The Kier molecular flexibility index (Phi) is 7.06. The van der Waals surface area contributed by atoms with Crippen LogP contribution in [0.5, 0.6) is 5.75 Å². The van der Waals surface area contributed by atoms with Crippen LogP contribution in [-0.2, 0) is 6.54 Å². The maximum Gasteiger partial charge on any atom is 0.179 e. The smallest absolute Gasteiger partial charge is 0.179 e. The summed E-state index contributed by atoms with van der Waals surface area (Å²) in [5, 5.41) is 8.57. The van der Waals surface area contributed by atoms with Crippen LogP contribution in [0.2, 0.25) is 0 Å². The summed E-state index contributed by atoms with van der Waals surface area (Å²) in [7, 11) is 1.68. The predicted octanol–water partition coefficient (Wildman–Crippen LogP) is 5.13. The number of nitrogens with one attached hydrogen (secondary N) is 1. The lowest BCUT2D eigenvalue weighted by atomic mass is 9.92. The highest BCUT2D eigenvalue weighted by molar-refractivity contribution is 5.78. The molecule has 0 radical (unpaired) electrons. The first-order chi connectivity index (χ1) is 17.6. The number of imidazole rings is 1. The molecule has 3 N–H and O–H groups in total. The zero-order valence-corrected chi connectivity index (χ0v) is 20.8. The quantitative estimate of drug-likeness (QED) is 0.357. The summed E-state index contributed by atoms with van der Waals surface area (Å²) in [5.41, 5.74) is 10.9. The van der Waals surface area contributed by atoms with Crippen LogP contribution in [0, 0.1) is 11.8 Å². The number of methoxy groups -OCH3 is 1. The first-order valence-electron chi connectivity index (χ1n) is 12.4. The van der Waals surface area contributed by atoms with Gasteiger partial charge in [0.2, 0.25) is 0 Å². The van der Waals surface area contributed by atoms with Crippen LogP contribution in [-0.4, -0.2) is 33.8 Å². The summed E-state index contributed by atoms with van der Waals surface area (Å²) in [5.74, 6) is 7.78. The molecule has 0 saturated heterocycles. The van der Waals surface area contributed by atoms with Crippen molar-refractivity contribution in [2.75, 3.05) is 17.3 Å². The molecule has 1 fully saturated rings. The third kappa shape index (κ3) is 5.14. The van der Waals surface area contributed by atoms with Crippen molar-refractivity contribution in [2.45, 2.75) is 51.2 Å². The molecule has 0 bridgehead atoms. The second kappa shape index (κ2) is 10.7. The number of hydrogen-bond acceptors (Lipinski definition) is 6. The van der Waals surface area contributed by atoms with Crippen molar-refractivity contribution < 1.29 is 4.74 Å². The van der Waals surface area contributed by atoms with E-state index >= 15 is 0 Å². The van der Waals surface area contributed by atoms with E-state index < -0.39 is 0 Å². The first-order valence-corrected chi connectivity index (χ1v) is 12.4. The number of benzene rings is 2. The monoisotopic (exact) mass is 480 g/mol. The van der Waals surface area contributed by atoms with Crippen LogP contribution in [0.4, 0.5) is 17.2 Å². The number of nitrogens with zero attached hydrogens (tertiary/aromatic N) is 4. The van der Waals surface area contributed by atoms with E-state index in [1.165, 1.54) is 0 Å². The van der Waals surface area contributed by atoms with E-state index in [4.69, 9.17) is 20.6 Å². The number of fused-ring (bicyclic) bond motifs is 1. The van der Waals surface area contributed by atoms with Crippen molar-refractivity contribution >= 4 is 22.8 Å². The van der Waals surface area contributed by atoms with E-state index in [1.807, 2.05) is 29.6 Å². The number of aromatic nitrogens is 3. The van der Waals surface area contributed by atoms with Crippen molar-refractivity contribution in [3.8, 4) is 17.6 Å². The molecule has 0 spiro atoms. The van der Waals surface area contributed by atoms with E-state index in [2.05, 4.69) is 64.5 Å². The summed E-state index contributed by atoms with van der Waals surface area (Å²) in [6, 6.07) is 21.3. The Morgan fingerprint density at radius 3 is 2.53 bits per heavy atom. The Morgan fingerprint density at radius 1 is 1.08 bits per heavy atom. The van der Waals surface area contributed by atoms with Gasteiger partial charge in [-0.3, -0.25) is 0 Å². The molecule has 7 nitrogen and oxygen atoms in total. The van der Waals surface area contributed by atoms with Crippen molar-refractivity contribution in [3.63, 3.8) is 0 Å². The van der Waals surface area contributed by atoms with Gasteiger partial charge in [0.15, 0.2) is 5.65 Å². The van der Waals surface area contributed by atoms with Gasteiger partial charge in [-0.25, -0.2) is 9.50 Å². The van der Waals surface area contributed by atoms with Gasteiger partial charge < -0.3 is 20.7 Å². The molecule has 184 valence electrons. The largest absolute Gasteiger partial charge is 0.497 e. The number of anilines is 3. The lowest BCUT2D eigenvalue weighted by Crippen LogP contribution is -2.33. The van der Waals surface area contributed by atoms with Crippen LogP contribution in [0.15, 0.2) is 66.9 Å². The molecular formula is C29H32N6O. The number of ether oxygens (including phenoxy) is 1. The number of nitrogens with two attached hydrogens (primary N) is 1. The molecule has 1 aliphatic rings. The van der Waals surface area contributed by atoms with E-state index in [9.17, 15) is 0 Å². The molecule has 1 saturated carbocycles. The fourth-order valence-corrected chi connectivity index (χ4v) is 4.74. The molecule has 0 atom stereocenters. The molecule has 1 aliphatic carbocycles. The van der Waals surface area contributed by atoms with Gasteiger partial charge in [0, 0.05) is 30.4 Å². The lowest BCUT2D eigenvalue weighted by Gasteiger charge is -2.29. The Morgan fingerprint density at radius 2 is 1.83 bits per heavy atom. The van der Waals surface area contributed by atoms with Gasteiger partial charge in [0.25, 0.3) is 0 Å². The molecule has 36 heavy (non-hydrogen) atoms. The van der Waals surface area contributed by atoms with E-state index in [0.717, 1.165) is 65.5 Å². The first kappa shape index (κ1) is 23.7. The highest BCUT2D eigenvalue weighted by atomic mass is 16.5. The van der Waals surface area contributed by atoms with Gasteiger partial charge in [0.1, 0.15) is 17.3 Å². The molecule has 2 heterocycles. The Bertz CT molecular complexity index is 1360. The Hall–Kier alpha value is -4.02. The summed E-state index contributed by atoms with van der Waals surface area (Å²) < 4.78 is 7.21. The third-order valence-corrected chi connectivity index (χ3v) is 6.68. The van der Waals surface area contributed by atoms with Crippen LogP contribution >= 0.6 is 0 Å². The minimum atomic E-state index is 0.298. The highest BCUT2D eigenvalue weighted by Crippen LogP contribution is 2.33. The van der Waals surface area contributed by atoms with E-state index in [0.29, 0.717) is 18.6 Å². The molecule has 0 aliphatic heterocycles. The Balaban J connectivity index is 1.60. The zero-order valence-electron chi connectivity index (χ0n) is 20.8. The van der Waals surface area contributed by atoms with Gasteiger partial charge in [-0.2, -0.15) is 0 Å². The normalized spacial score (nSPS) is 17.3. The molecule has 0 unspecified atom stereocenters. The summed E-state index contributed by atoms with van der Waals surface area (Å²) >= 11 is 0. The summed E-state index contributed by atoms with van der Waals surface area (Å²) in [6.07, 6.45) is 5.92. The predicted molar refractivity (Wildman–Crippen MR) is 145 cm³/mol. The molecule has 2 aromatic heterocycles. The van der Waals surface area contributed by atoms with Gasteiger partial charge in [0.05, 0.1) is 19.0 Å². The maximum atomic E-state index is 6.14. The van der Waals surface area contributed by atoms with Crippen LogP contribution in [0.1, 0.15) is 43.9 Å². The minimum absolute atomic E-state index is 0.298. The standard InChI is InChI=1S/C29H32N6O/c1-3-7-25-19-31-29-27(18-28(33-35(25)29)32-23-14-12-22(30)13-15-23)34(24-8-5-4-6-9-24)20-21-10-16-26(36-2)17-11-21/h4-6,8-11,16-19,22-23H,12-15,20,30H2,1-2H3,(H,32,33). The second-order valence-electron chi connectivity index (χ2n) is 9.19. The molecule has 7 heteroatoms. The van der Waals surface area contributed by atoms with Crippen molar-refractivity contribution in [1.82, 2.24) is 14.6 Å². The summed E-state index contributed by atoms with van der Waals surface area (Å²) in [4.78, 5) is 7.02. The highest BCUT2D eigenvalue weighted by Gasteiger charge is 2.22. The molecule has 2 aromatic carbocycles. The maximum absolute atomic E-state index is 6.14. The Labute approximate surface area is 212 Å². The van der Waals surface area contributed by atoms with Crippen LogP contribution < -0.4 is 20.7 Å². The van der Waals surface area contributed by atoms with Crippen molar-refractivity contribution in [2.24, 2.45) is 5.73 Å². The fourth-order valence-electron chi connectivity index (χ4n) is 4.74. The SMILES string of the molecule is CC#Cc1cnc2c(N(Cc3ccc(OC)cc3)c3ccccc3)cc(NC3CCC(N)CC3)nn12. The van der Waals surface area contributed by atoms with Gasteiger partial charge in [-0.05, 0) is 68.4 Å². The lowest BCUT2D eigenvalue weighted by molar-refractivity contribution is 0.410. The van der Waals surface area contributed by atoms with Crippen molar-refractivity contribution in [3.05, 3.63) is 78.1 Å². The van der Waals surface area contributed by atoms with E-state index in [1.54, 1.807) is 13.3 Å². The average molecular weight is 481 g/mol. The van der Waals surface area contributed by atoms with E-state index in [-0.39, 0.29) is 0 Å². The van der Waals surface area contributed by atoms with Gasteiger partial charge in [-0.1, -0.05) is 36.3 Å². The minimum Gasteiger partial charge on any atom is -0.497 e. The molecule has 5 rings (SSSR count). The van der Waals surface area contributed by atoms with Crippen LogP contribution in [0.3, 0.4) is 0 Å². The average Bonchev–Trinajstić information content (AvgIpc) is 3.32. The second-order valence-corrected chi connectivity index (χ2v) is 9.19. The number of para-hydroxylation sites is 1.